The van der Waals surface area contributed by atoms with Gasteiger partial charge < -0.3 is 9.88 Å². The van der Waals surface area contributed by atoms with E-state index >= 15 is 0 Å². The lowest BCUT2D eigenvalue weighted by molar-refractivity contribution is 0.0730. The lowest BCUT2D eigenvalue weighted by Crippen LogP contribution is -2.30. The molecule has 1 aliphatic rings. The van der Waals surface area contributed by atoms with Gasteiger partial charge in [0.25, 0.3) is 5.91 Å². The smallest absolute Gasteiger partial charge is 0.270 e. The SMILES string of the molecule is O=C(c1cc2c(F)cccc2[nH]1)N1CCC[C@H]1c1nc2ccccc2s1. The van der Waals surface area contributed by atoms with E-state index in [4.69, 9.17) is 4.98 Å². The molecular weight excluding hydrogens is 349 g/mol. The number of benzene rings is 2. The molecule has 5 rings (SSSR count). The van der Waals surface area contributed by atoms with E-state index in [1.54, 1.807) is 29.5 Å². The first-order valence-corrected chi connectivity index (χ1v) is 9.46. The molecule has 1 aliphatic heterocycles. The molecular formula is C20H16FN3OS. The summed E-state index contributed by atoms with van der Waals surface area (Å²) in [4.78, 5) is 22.7. The van der Waals surface area contributed by atoms with Gasteiger partial charge in [-0.2, -0.15) is 0 Å². The molecule has 1 fully saturated rings. The summed E-state index contributed by atoms with van der Waals surface area (Å²) in [6.07, 6.45) is 1.85. The van der Waals surface area contributed by atoms with Gasteiger partial charge in [-0.1, -0.05) is 18.2 Å². The van der Waals surface area contributed by atoms with Gasteiger partial charge in [0.15, 0.2) is 0 Å². The van der Waals surface area contributed by atoms with Gasteiger partial charge in [0, 0.05) is 17.4 Å². The minimum absolute atomic E-state index is 0.0174. The third kappa shape index (κ3) is 2.41. The lowest BCUT2D eigenvalue weighted by Gasteiger charge is -2.22. The third-order valence-electron chi connectivity index (χ3n) is 4.95. The maximum atomic E-state index is 13.9. The van der Waals surface area contributed by atoms with Crippen LogP contribution in [0.15, 0.2) is 48.5 Å². The molecule has 3 heterocycles. The second-order valence-electron chi connectivity index (χ2n) is 6.56. The number of hydrogen-bond acceptors (Lipinski definition) is 3. The van der Waals surface area contributed by atoms with Gasteiger partial charge in [0.1, 0.15) is 16.5 Å². The Hall–Kier alpha value is -2.73. The van der Waals surface area contributed by atoms with Crippen molar-refractivity contribution >= 4 is 38.4 Å². The number of fused-ring (bicyclic) bond motifs is 2. The Balaban J connectivity index is 1.51. The largest absolute Gasteiger partial charge is 0.350 e. The van der Waals surface area contributed by atoms with Crippen LogP contribution < -0.4 is 0 Å². The van der Waals surface area contributed by atoms with Crippen LogP contribution in [-0.2, 0) is 0 Å². The Kier molecular flexibility index (Phi) is 3.53. The van der Waals surface area contributed by atoms with E-state index < -0.39 is 0 Å². The van der Waals surface area contributed by atoms with Gasteiger partial charge in [-0.3, -0.25) is 4.79 Å². The maximum Gasteiger partial charge on any atom is 0.270 e. The van der Waals surface area contributed by atoms with Gasteiger partial charge >= 0.3 is 0 Å². The summed E-state index contributed by atoms with van der Waals surface area (Å²) in [6.45, 7) is 0.692. The number of hydrogen-bond donors (Lipinski definition) is 1. The van der Waals surface area contributed by atoms with Crippen LogP contribution >= 0.6 is 11.3 Å². The fourth-order valence-corrected chi connectivity index (χ4v) is 4.80. The van der Waals surface area contributed by atoms with Gasteiger partial charge in [-0.05, 0) is 43.2 Å². The van der Waals surface area contributed by atoms with Crippen molar-refractivity contribution in [3.63, 3.8) is 0 Å². The summed E-state index contributed by atoms with van der Waals surface area (Å²) < 4.78 is 15.1. The molecule has 2 aromatic carbocycles. The van der Waals surface area contributed by atoms with Gasteiger partial charge in [0.2, 0.25) is 0 Å². The zero-order valence-corrected chi connectivity index (χ0v) is 14.7. The van der Waals surface area contributed by atoms with E-state index in [1.165, 1.54) is 6.07 Å². The molecule has 0 aliphatic carbocycles. The van der Waals surface area contributed by atoms with Crippen molar-refractivity contribution in [2.45, 2.75) is 18.9 Å². The lowest BCUT2D eigenvalue weighted by atomic mass is 10.2. The number of carbonyl (C=O) groups is 1. The molecule has 0 unspecified atom stereocenters. The number of carbonyl (C=O) groups excluding carboxylic acids is 1. The zero-order chi connectivity index (χ0) is 17.7. The average Bonchev–Trinajstić information content (AvgIpc) is 3.37. The molecule has 0 bridgehead atoms. The third-order valence-corrected chi connectivity index (χ3v) is 6.09. The Morgan fingerprint density at radius 2 is 2.12 bits per heavy atom. The quantitative estimate of drug-likeness (QED) is 0.550. The average molecular weight is 365 g/mol. The predicted molar refractivity (Wildman–Crippen MR) is 101 cm³/mol. The molecule has 1 N–H and O–H groups in total. The van der Waals surface area contributed by atoms with Gasteiger partial charge in [0.05, 0.1) is 16.3 Å². The molecule has 1 saturated heterocycles. The molecule has 4 nitrogen and oxygen atoms in total. The number of aromatic amines is 1. The van der Waals surface area contributed by atoms with E-state index in [9.17, 15) is 9.18 Å². The van der Waals surface area contributed by atoms with Gasteiger partial charge in [-0.15, -0.1) is 11.3 Å². The number of likely N-dealkylation sites (tertiary alicyclic amines) is 1. The van der Waals surface area contributed by atoms with Crippen molar-refractivity contribution in [2.24, 2.45) is 0 Å². The molecule has 0 radical (unpaired) electrons. The number of amides is 1. The number of nitrogens with zero attached hydrogens (tertiary/aromatic N) is 2. The Labute approximate surface area is 153 Å². The summed E-state index contributed by atoms with van der Waals surface area (Å²) in [5, 5.41) is 1.42. The van der Waals surface area contributed by atoms with Crippen LogP contribution in [0, 0.1) is 5.82 Å². The highest BCUT2D eigenvalue weighted by molar-refractivity contribution is 7.18. The highest BCUT2D eigenvalue weighted by atomic mass is 32.1. The first-order chi connectivity index (χ1) is 12.7. The van der Waals surface area contributed by atoms with Crippen LogP contribution in [0.4, 0.5) is 4.39 Å². The monoisotopic (exact) mass is 365 g/mol. The summed E-state index contributed by atoms with van der Waals surface area (Å²) in [7, 11) is 0. The van der Waals surface area contributed by atoms with Crippen LogP contribution in [0.3, 0.4) is 0 Å². The first kappa shape index (κ1) is 15.5. The highest BCUT2D eigenvalue weighted by Gasteiger charge is 2.33. The van der Waals surface area contributed by atoms with Crippen molar-refractivity contribution in [1.82, 2.24) is 14.9 Å². The second-order valence-corrected chi connectivity index (χ2v) is 7.62. The van der Waals surface area contributed by atoms with Crippen molar-refractivity contribution in [3.05, 3.63) is 65.0 Å². The topological polar surface area (TPSA) is 49.0 Å². The Morgan fingerprint density at radius 3 is 2.96 bits per heavy atom. The summed E-state index contributed by atoms with van der Waals surface area (Å²) in [6, 6.07) is 14.5. The number of halogens is 1. The van der Waals surface area contributed by atoms with Crippen LogP contribution in [-0.4, -0.2) is 27.3 Å². The Morgan fingerprint density at radius 1 is 1.23 bits per heavy atom. The molecule has 1 amide bonds. The molecule has 26 heavy (non-hydrogen) atoms. The fourth-order valence-electron chi connectivity index (χ4n) is 3.69. The minimum atomic E-state index is -0.318. The minimum Gasteiger partial charge on any atom is -0.350 e. The first-order valence-electron chi connectivity index (χ1n) is 8.64. The molecule has 0 saturated carbocycles. The van der Waals surface area contributed by atoms with E-state index in [2.05, 4.69) is 11.1 Å². The van der Waals surface area contributed by atoms with Crippen molar-refractivity contribution in [1.29, 1.82) is 0 Å². The summed E-state index contributed by atoms with van der Waals surface area (Å²) >= 11 is 1.64. The number of H-pyrrole nitrogens is 1. The van der Waals surface area contributed by atoms with Crippen LogP contribution in [0.25, 0.3) is 21.1 Å². The van der Waals surface area contributed by atoms with E-state index in [1.807, 2.05) is 23.1 Å². The second kappa shape index (κ2) is 5.92. The molecule has 6 heteroatoms. The number of aromatic nitrogens is 2. The molecule has 0 spiro atoms. The number of para-hydroxylation sites is 1. The normalized spacial score (nSPS) is 17.4. The van der Waals surface area contributed by atoms with Crippen molar-refractivity contribution < 1.29 is 9.18 Å². The van der Waals surface area contributed by atoms with Crippen molar-refractivity contribution in [2.75, 3.05) is 6.54 Å². The standard InChI is InChI=1S/C20H16FN3OS/c21-13-5-3-7-14-12(13)11-16(22-14)20(25)24-10-4-8-17(24)19-23-15-6-1-2-9-18(15)26-19/h1-3,5-7,9,11,17,22H,4,8,10H2/t17-/m0/s1. The molecule has 4 aromatic rings. The van der Waals surface area contributed by atoms with Gasteiger partial charge in [-0.25, -0.2) is 9.37 Å². The predicted octanol–water partition coefficient (Wildman–Crippen LogP) is 4.89. The number of nitrogens with one attached hydrogen (secondary N) is 1. The molecule has 1 atom stereocenters. The highest BCUT2D eigenvalue weighted by Crippen LogP contribution is 2.37. The fraction of sp³-hybridized carbons (Fsp3) is 0.200. The summed E-state index contributed by atoms with van der Waals surface area (Å²) in [5.41, 5.74) is 2.04. The van der Waals surface area contributed by atoms with Crippen molar-refractivity contribution in [3.8, 4) is 0 Å². The van der Waals surface area contributed by atoms with E-state index in [-0.39, 0.29) is 17.8 Å². The summed E-state index contributed by atoms with van der Waals surface area (Å²) in [5.74, 6) is -0.413. The maximum absolute atomic E-state index is 13.9. The van der Waals surface area contributed by atoms with Crippen LogP contribution in [0.2, 0.25) is 0 Å². The molecule has 2 aromatic heterocycles. The van der Waals surface area contributed by atoms with Crippen LogP contribution in [0.5, 0.6) is 0 Å². The van der Waals surface area contributed by atoms with E-state index in [0.717, 1.165) is 28.1 Å². The van der Waals surface area contributed by atoms with E-state index in [0.29, 0.717) is 23.1 Å². The number of thiazole rings is 1. The Bertz CT molecular complexity index is 1100. The zero-order valence-electron chi connectivity index (χ0n) is 13.9. The van der Waals surface area contributed by atoms with Crippen LogP contribution in [0.1, 0.15) is 34.4 Å². The molecule has 130 valence electrons. The number of rotatable bonds is 2.